The second-order valence-corrected chi connectivity index (χ2v) is 9.72. The fraction of sp³-hybridized carbons (Fsp3) is 0.950. The highest BCUT2D eigenvalue weighted by molar-refractivity contribution is 5.87. The zero-order chi connectivity index (χ0) is 16.4. The molecule has 130 valence electrons. The van der Waals surface area contributed by atoms with Gasteiger partial charge in [0.1, 0.15) is 0 Å². The van der Waals surface area contributed by atoms with Gasteiger partial charge < -0.3 is 10.9 Å². The molecule has 3 nitrogen and oxygen atoms in total. The summed E-state index contributed by atoms with van der Waals surface area (Å²) in [7, 11) is 0. The number of hydrazone groups is 1. The van der Waals surface area contributed by atoms with Crippen LogP contribution >= 0.6 is 0 Å². The summed E-state index contributed by atoms with van der Waals surface area (Å²) >= 11 is 0. The minimum atomic E-state index is -0.0553. The zero-order valence-electron chi connectivity index (χ0n) is 15.1. The smallest absolute Gasteiger partial charge is 0.0596 e. The van der Waals surface area contributed by atoms with Gasteiger partial charge in [-0.2, -0.15) is 5.10 Å². The van der Waals surface area contributed by atoms with Gasteiger partial charge in [0.15, 0.2) is 0 Å². The molecule has 4 fully saturated rings. The van der Waals surface area contributed by atoms with Crippen LogP contribution in [0.2, 0.25) is 0 Å². The van der Waals surface area contributed by atoms with Crippen molar-refractivity contribution in [3.05, 3.63) is 0 Å². The molecule has 0 aromatic rings. The van der Waals surface area contributed by atoms with E-state index in [-0.39, 0.29) is 11.5 Å². The van der Waals surface area contributed by atoms with E-state index in [1.807, 2.05) is 0 Å². The summed E-state index contributed by atoms with van der Waals surface area (Å²) in [4.78, 5) is 0. The summed E-state index contributed by atoms with van der Waals surface area (Å²) in [6, 6.07) is 0. The Balaban J connectivity index is 1.63. The molecular formula is C20H34N2O. The molecule has 0 bridgehead atoms. The lowest BCUT2D eigenvalue weighted by Gasteiger charge is -2.61. The molecule has 0 spiro atoms. The van der Waals surface area contributed by atoms with E-state index in [0.29, 0.717) is 11.3 Å². The van der Waals surface area contributed by atoms with Crippen LogP contribution in [0.5, 0.6) is 0 Å². The zero-order valence-corrected chi connectivity index (χ0v) is 15.1. The van der Waals surface area contributed by atoms with Gasteiger partial charge in [0, 0.05) is 5.71 Å². The fourth-order valence-corrected chi connectivity index (χ4v) is 7.57. The molecule has 0 aromatic heterocycles. The number of hydrogen-bond acceptors (Lipinski definition) is 3. The van der Waals surface area contributed by atoms with E-state index in [1.165, 1.54) is 44.2 Å². The van der Waals surface area contributed by atoms with Crippen molar-refractivity contribution in [3.8, 4) is 0 Å². The van der Waals surface area contributed by atoms with Crippen LogP contribution in [0.4, 0.5) is 0 Å². The van der Waals surface area contributed by atoms with Crippen LogP contribution in [-0.4, -0.2) is 16.9 Å². The summed E-state index contributed by atoms with van der Waals surface area (Å²) in [6.45, 7) is 7.28. The highest BCUT2D eigenvalue weighted by Crippen LogP contribution is 2.66. The van der Waals surface area contributed by atoms with Crippen LogP contribution in [0.1, 0.15) is 72.1 Å². The molecule has 0 saturated heterocycles. The van der Waals surface area contributed by atoms with E-state index < -0.39 is 0 Å². The van der Waals surface area contributed by atoms with Gasteiger partial charge in [0.05, 0.1) is 6.10 Å². The first kappa shape index (κ1) is 15.9. The molecule has 0 heterocycles. The van der Waals surface area contributed by atoms with Crippen molar-refractivity contribution in [2.75, 3.05) is 0 Å². The molecule has 0 radical (unpaired) electrons. The predicted octanol–water partition coefficient (Wildman–Crippen LogP) is 3.95. The largest absolute Gasteiger partial charge is 0.393 e. The average Bonchev–Trinajstić information content (AvgIpc) is 2.82. The van der Waals surface area contributed by atoms with Crippen LogP contribution < -0.4 is 5.84 Å². The first-order valence-corrected chi connectivity index (χ1v) is 9.85. The maximum atomic E-state index is 10.5. The molecule has 4 aliphatic rings. The highest BCUT2D eigenvalue weighted by Gasteiger charge is 2.60. The van der Waals surface area contributed by atoms with E-state index in [9.17, 15) is 5.11 Å². The Hall–Kier alpha value is -0.570. The van der Waals surface area contributed by atoms with Gasteiger partial charge in [0.2, 0.25) is 0 Å². The summed E-state index contributed by atoms with van der Waals surface area (Å²) in [5, 5.41) is 14.7. The number of hydrogen-bond donors (Lipinski definition) is 2. The second kappa shape index (κ2) is 5.21. The molecule has 4 saturated carbocycles. The maximum Gasteiger partial charge on any atom is 0.0596 e. The SMILES string of the molecule is CC1CC2(C)C(CCC3C4CCC(O)C4(C)CCC32)CC1=NN. The molecule has 8 unspecified atom stereocenters. The average molecular weight is 319 g/mol. The van der Waals surface area contributed by atoms with Gasteiger partial charge >= 0.3 is 0 Å². The van der Waals surface area contributed by atoms with Gasteiger partial charge in [-0.1, -0.05) is 20.8 Å². The second-order valence-electron chi connectivity index (χ2n) is 9.72. The lowest BCUT2D eigenvalue weighted by molar-refractivity contribution is -0.116. The molecule has 3 N–H and O–H groups in total. The third kappa shape index (κ3) is 2.08. The van der Waals surface area contributed by atoms with Crippen LogP contribution in [0.15, 0.2) is 5.10 Å². The minimum Gasteiger partial charge on any atom is -0.393 e. The van der Waals surface area contributed by atoms with E-state index in [2.05, 4.69) is 25.9 Å². The van der Waals surface area contributed by atoms with E-state index in [0.717, 1.165) is 36.5 Å². The van der Waals surface area contributed by atoms with Gasteiger partial charge in [-0.3, -0.25) is 0 Å². The van der Waals surface area contributed by atoms with Crippen LogP contribution in [-0.2, 0) is 0 Å². The molecule has 0 aliphatic heterocycles. The molecule has 4 rings (SSSR count). The first-order valence-electron chi connectivity index (χ1n) is 9.85. The van der Waals surface area contributed by atoms with E-state index in [4.69, 9.17) is 5.84 Å². The molecule has 4 aliphatic carbocycles. The number of aliphatic hydroxyl groups is 1. The lowest BCUT2D eigenvalue weighted by Crippen LogP contribution is -2.55. The standard InChI is InChI=1S/C20H34N2O/c1-12-11-20(3)13(10-17(12)22-21)4-5-14-15-6-7-18(23)19(15,2)9-8-16(14)20/h12-16,18,23H,4-11,21H2,1-3H3. The van der Waals surface area contributed by atoms with E-state index >= 15 is 0 Å². The van der Waals surface area contributed by atoms with Crippen molar-refractivity contribution in [1.29, 1.82) is 0 Å². The van der Waals surface area contributed by atoms with Crippen molar-refractivity contribution in [2.45, 2.75) is 78.2 Å². The third-order valence-electron chi connectivity index (χ3n) is 8.95. The van der Waals surface area contributed by atoms with Crippen molar-refractivity contribution in [1.82, 2.24) is 0 Å². The molecule has 8 atom stereocenters. The van der Waals surface area contributed by atoms with Gasteiger partial charge in [0.25, 0.3) is 0 Å². The molecule has 3 heteroatoms. The number of nitrogens with two attached hydrogens (primary N) is 1. The Morgan fingerprint density at radius 1 is 1.04 bits per heavy atom. The monoisotopic (exact) mass is 318 g/mol. The van der Waals surface area contributed by atoms with E-state index in [1.54, 1.807) is 0 Å². The molecule has 23 heavy (non-hydrogen) atoms. The highest BCUT2D eigenvalue weighted by atomic mass is 16.3. The molecule has 0 aromatic carbocycles. The Morgan fingerprint density at radius 3 is 2.52 bits per heavy atom. The summed E-state index contributed by atoms with van der Waals surface area (Å²) in [5.41, 5.74) is 1.92. The topological polar surface area (TPSA) is 58.6 Å². The third-order valence-corrected chi connectivity index (χ3v) is 8.95. The van der Waals surface area contributed by atoms with Crippen molar-refractivity contribution in [2.24, 2.45) is 51.4 Å². The Labute approximate surface area is 141 Å². The van der Waals surface area contributed by atoms with Gasteiger partial charge in [-0.05, 0) is 91.8 Å². The minimum absolute atomic E-state index is 0.0553. The molecule has 0 amide bonds. The van der Waals surface area contributed by atoms with Crippen LogP contribution in [0.25, 0.3) is 0 Å². The number of rotatable bonds is 0. The Kier molecular flexibility index (Phi) is 3.61. The number of aliphatic hydroxyl groups excluding tert-OH is 1. The van der Waals surface area contributed by atoms with Crippen molar-refractivity contribution < 1.29 is 5.11 Å². The van der Waals surface area contributed by atoms with Crippen molar-refractivity contribution in [3.63, 3.8) is 0 Å². The quantitative estimate of drug-likeness (QED) is 0.525. The fourth-order valence-electron chi connectivity index (χ4n) is 7.57. The predicted molar refractivity (Wildman–Crippen MR) is 93.9 cm³/mol. The summed E-state index contributed by atoms with van der Waals surface area (Å²) in [6.07, 6.45) is 9.88. The number of fused-ring (bicyclic) bond motifs is 5. The Morgan fingerprint density at radius 2 is 1.78 bits per heavy atom. The van der Waals surface area contributed by atoms with Crippen LogP contribution in [0.3, 0.4) is 0 Å². The van der Waals surface area contributed by atoms with Crippen LogP contribution in [0, 0.1) is 40.4 Å². The summed E-state index contributed by atoms with van der Waals surface area (Å²) < 4.78 is 0. The number of nitrogens with zero attached hydrogens (tertiary/aromatic N) is 1. The molecular weight excluding hydrogens is 284 g/mol. The van der Waals surface area contributed by atoms with Gasteiger partial charge in [-0.25, -0.2) is 0 Å². The lowest BCUT2D eigenvalue weighted by atomic mass is 9.44. The maximum absolute atomic E-state index is 10.5. The van der Waals surface area contributed by atoms with Crippen molar-refractivity contribution >= 4 is 5.71 Å². The normalized spacial score (nSPS) is 57.7. The summed E-state index contributed by atoms with van der Waals surface area (Å²) in [5.74, 6) is 9.43. The Bertz CT molecular complexity index is 518. The van der Waals surface area contributed by atoms with Gasteiger partial charge in [-0.15, -0.1) is 0 Å². The first-order chi connectivity index (χ1) is 10.9.